The van der Waals surface area contributed by atoms with Gasteiger partial charge in [-0.3, -0.25) is 14.8 Å². The van der Waals surface area contributed by atoms with Crippen LogP contribution < -0.4 is 0 Å². The molecule has 34 heavy (non-hydrogen) atoms. The fourth-order valence-electron chi connectivity index (χ4n) is 3.91. The molecule has 1 amide bonds. The average molecular weight is 494 g/mol. The summed E-state index contributed by atoms with van der Waals surface area (Å²) in [6.07, 6.45) is 6.33. The van der Waals surface area contributed by atoms with Crippen LogP contribution in [0.2, 0.25) is 5.02 Å². The number of rotatable bonds is 4. The predicted molar refractivity (Wildman–Crippen MR) is 129 cm³/mol. The molecule has 0 aliphatic carbocycles. The van der Waals surface area contributed by atoms with E-state index in [-0.39, 0.29) is 42.7 Å². The molecule has 1 aliphatic rings. The van der Waals surface area contributed by atoms with Crippen LogP contribution in [0.25, 0.3) is 22.0 Å². The SMILES string of the molecule is O=C(c1cnc(-c2ccncc2)cn1)N1CCN(S(=O)(=O)c2ccc3cc(Cl)ccc3c2)CC1. The van der Waals surface area contributed by atoms with E-state index in [0.29, 0.717) is 10.7 Å². The monoisotopic (exact) mass is 493 g/mol. The van der Waals surface area contributed by atoms with E-state index in [1.807, 2.05) is 12.1 Å². The molecule has 0 bridgehead atoms. The number of hydrogen-bond donors (Lipinski definition) is 0. The minimum Gasteiger partial charge on any atom is -0.335 e. The summed E-state index contributed by atoms with van der Waals surface area (Å²) in [5, 5.41) is 2.27. The molecule has 0 N–H and O–H groups in total. The van der Waals surface area contributed by atoms with Crippen LogP contribution in [0.5, 0.6) is 0 Å². The van der Waals surface area contributed by atoms with Crippen LogP contribution in [0.15, 0.2) is 78.2 Å². The number of piperazine rings is 1. The van der Waals surface area contributed by atoms with Gasteiger partial charge >= 0.3 is 0 Å². The van der Waals surface area contributed by atoms with Crippen LogP contribution >= 0.6 is 11.6 Å². The fourth-order valence-corrected chi connectivity index (χ4v) is 5.55. The predicted octanol–water partition coefficient (Wildman–Crippen LogP) is 3.49. The molecule has 10 heteroatoms. The number of aromatic nitrogens is 3. The van der Waals surface area contributed by atoms with Crippen molar-refractivity contribution in [3.05, 3.63) is 84.0 Å². The van der Waals surface area contributed by atoms with Crippen LogP contribution in [-0.2, 0) is 10.0 Å². The third-order valence-corrected chi connectivity index (χ3v) is 7.91. The Balaban J connectivity index is 1.27. The van der Waals surface area contributed by atoms with Gasteiger partial charge < -0.3 is 4.90 Å². The maximum Gasteiger partial charge on any atom is 0.274 e. The first-order valence-corrected chi connectivity index (χ1v) is 12.4. The number of nitrogens with zero attached hydrogens (tertiary/aromatic N) is 5. The minimum atomic E-state index is -3.68. The molecule has 1 saturated heterocycles. The molecule has 0 spiro atoms. The molecule has 1 fully saturated rings. The number of carbonyl (C=O) groups excluding carboxylic acids is 1. The Hall–Kier alpha value is -3.40. The van der Waals surface area contributed by atoms with Gasteiger partial charge in [0.15, 0.2) is 0 Å². The number of halogens is 1. The molecule has 2 aromatic heterocycles. The molecular weight excluding hydrogens is 474 g/mol. The highest BCUT2D eigenvalue weighted by atomic mass is 35.5. The van der Waals surface area contributed by atoms with Crippen molar-refractivity contribution in [3.8, 4) is 11.3 Å². The molecule has 0 saturated carbocycles. The topological polar surface area (TPSA) is 96.4 Å². The number of sulfonamides is 1. The first-order valence-electron chi connectivity index (χ1n) is 10.6. The van der Waals surface area contributed by atoms with Gasteiger partial charge in [0.25, 0.3) is 5.91 Å². The number of benzene rings is 2. The minimum absolute atomic E-state index is 0.204. The number of amides is 1. The van der Waals surface area contributed by atoms with Crippen molar-refractivity contribution >= 4 is 38.3 Å². The molecule has 4 aromatic rings. The highest BCUT2D eigenvalue weighted by molar-refractivity contribution is 7.89. The molecule has 0 radical (unpaired) electrons. The van der Waals surface area contributed by atoms with Crippen LogP contribution in [0.1, 0.15) is 10.5 Å². The van der Waals surface area contributed by atoms with Crippen LogP contribution in [0, 0.1) is 0 Å². The summed E-state index contributed by atoms with van der Waals surface area (Å²) in [7, 11) is -3.68. The summed E-state index contributed by atoms with van der Waals surface area (Å²) in [5.41, 5.74) is 1.73. The highest BCUT2D eigenvalue weighted by Crippen LogP contribution is 2.25. The number of fused-ring (bicyclic) bond motifs is 1. The van der Waals surface area contributed by atoms with E-state index in [1.54, 1.807) is 59.9 Å². The normalized spacial score (nSPS) is 14.9. The lowest BCUT2D eigenvalue weighted by Gasteiger charge is -2.33. The van der Waals surface area contributed by atoms with Gasteiger partial charge in [-0.05, 0) is 47.2 Å². The van der Waals surface area contributed by atoms with E-state index < -0.39 is 10.0 Å². The number of carbonyl (C=O) groups is 1. The van der Waals surface area contributed by atoms with Crippen molar-refractivity contribution in [2.75, 3.05) is 26.2 Å². The van der Waals surface area contributed by atoms with E-state index in [0.717, 1.165) is 16.3 Å². The van der Waals surface area contributed by atoms with E-state index in [9.17, 15) is 13.2 Å². The van der Waals surface area contributed by atoms with Crippen molar-refractivity contribution < 1.29 is 13.2 Å². The van der Waals surface area contributed by atoms with Crippen LogP contribution in [0.3, 0.4) is 0 Å². The first-order chi connectivity index (χ1) is 16.4. The van der Waals surface area contributed by atoms with E-state index >= 15 is 0 Å². The summed E-state index contributed by atoms with van der Waals surface area (Å²) in [4.78, 5) is 27.3. The lowest BCUT2D eigenvalue weighted by molar-refractivity contribution is 0.0691. The van der Waals surface area contributed by atoms with Gasteiger partial charge in [-0.25, -0.2) is 13.4 Å². The Morgan fingerprint density at radius 3 is 2.26 bits per heavy atom. The summed E-state index contributed by atoms with van der Waals surface area (Å²) in [5.74, 6) is -0.270. The second-order valence-electron chi connectivity index (χ2n) is 7.87. The Labute approximate surface area is 201 Å². The Morgan fingerprint density at radius 2 is 1.56 bits per heavy atom. The van der Waals surface area contributed by atoms with Gasteiger partial charge in [0.1, 0.15) is 5.69 Å². The Morgan fingerprint density at radius 1 is 0.853 bits per heavy atom. The summed E-state index contributed by atoms with van der Waals surface area (Å²) >= 11 is 6.02. The smallest absolute Gasteiger partial charge is 0.274 e. The highest BCUT2D eigenvalue weighted by Gasteiger charge is 2.31. The van der Waals surface area contributed by atoms with Crippen molar-refractivity contribution in [2.24, 2.45) is 0 Å². The summed E-state index contributed by atoms with van der Waals surface area (Å²) < 4.78 is 27.8. The van der Waals surface area contributed by atoms with Gasteiger partial charge in [0.2, 0.25) is 10.0 Å². The number of pyridine rings is 1. The average Bonchev–Trinajstić information content (AvgIpc) is 2.88. The molecule has 8 nitrogen and oxygen atoms in total. The fraction of sp³-hybridized carbons (Fsp3) is 0.167. The molecule has 3 heterocycles. The zero-order valence-electron chi connectivity index (χ0n) is 18.0. The van der Waals surface area contributed by atoms with Crippen molar-refractivity contribution in [3.63, 3.8) is 0 Å². The van der Waals surface area contributed by atoms with E-state index in [2.05, 4.69) is 15.0 Å². The van der Waals surface area contributed by atoms with Gasteiger partial charge in [-0.1, -0.05) is 23.7 Å². The second kappa shape index (κ2) is 9.09. The van der Waals surface area contributed by atoms with Gasteiger partial charge in [-0.2, -0.15) is 4.31 Å². The van der Waals surface area contributed by atoms with Crippen LogP contribution in [-0.4, -0.2) is 64.7 Å². The molecule has 0 atom stereocenters. The van der Waals surface area contributed by atoms with Gasteiger partial charge in [-0.15, -0.1) is 0 Å². The van der Waals surface area contributed by atoms with Crippen molar-refractivity contribution in [1.82, 2.24) is 24.2 Å². The molecule has 0 unspecified atom stereocenters. The molecule has 2 aromatic carbocycles. The summed E-state index contributed by atoms with van der Waals surface area (Å²) in [6.45, 7) is 0.953. The maximum absolute atomic E-state index is 13.2. The quantitative estimate of drug-likeness (QED) is 0.431. The largest absolute Gasteiger partial charge is 0.335 e. The number of hydrogen-bond acceptors (Lipinski definition) is 6. The van der Waals surface area contributed by atoms with E-state index in [4.69, 9.17) is 11.6 Å². The zero-order chi connectivity index (χ0) is 23.7. The van der Waals surface area contributed by atoms with Crippen molar-refractivity contribution in [2.45, 2.75) is 4.90 Å². The van der Waals surface area contributed by atoms with Crippen LogP contribution in [0.4, 0.5) is 0 Å². The van der Waals surface area contributed by atoms with Gasteiger partial charge in [0, 0.05) is 49.2 Å². The third kappa shape index (κ3) is 4.37. The second-order valence-corrected chi connectivity index (χ2v) is 10.2. The van der Waals surface area contributed by atoms with E-state index in [1.165, 1.54) is 10.5 Å². The maximum atomic E-state index is 13.2. The zero-order valence-corrected chi connectivity index (χ0v) is 19.6. The molecular formula is C24H20ClN5O3S. The standard InChI is InChI=1S/C24H20ClN5O3S/c25-20-3-1-19-14-21(4-2-18(19)13-20)34(32,33)30-11-9-29(10-12-30)24(31)23-16-27-22(15-28-23)17-5-7-26-8-6-17/h1-8,13-16H,9-12H2. The molecule has 1 aliphatic heterocycles. The van der Waals surface area contributed by atoms with Gasteiger partial charge in [0.05, 0.1) is 23.0 Å². The third-order valence-electron chi connectivity index (χ3n) is 5.78. The van der Waals surface area contributed by atoms with Crippen molar-refractivity contribution in [1.29, 1.82) is 0 Å². The Bertz CT molecular complexity index is 1460. The molecule has 5 rings (SSSR count). The first kappa shape index (κ1) is 22.4. The lowest BCUT2D eigenvalue weighted by atomic mass is 10.1. The Kier molecular flexibility index (Phi) is 5.99. The summed E-state index contributed by atoms with van der Waals surface area (Å²) in [6, 6.07) is 14.0. The molecule has 172 valence electrons. The lowest BCUT2D eigenvalue weighted by Crippen LogP contribution is -2.50.